The first-order chi connectivity index (χ1) is 21.0. The first kappa shape index (κ1) is 28.1. The summed E-state index contributed by atoms with van der Waals surface area (Å²) in [6.45, 7) is 2.09. The summed E-state index contributed by atoms with van der Waals surface area (Å²) < 4.78 is 7.68. The summed E-state index contributed by atoms with van der Waals surface area (Å²) >= 11 is 8.87. The fourth-order valence-corrected chi connectivity index (χ4v) is 7.66. The molecule has 1 saturated heterocycles. The lowest BCUT2D eigenvalue weighted by atomic mass is 9.91. The van der Waals surface area contributed by atoms with Gasteiger partial charge in [-0.25, -0.2) is 9.79 Å². The van der Waals surface area contributed by atoms with Gasteiger partial charge in [-0.15, -0.1) is 0 Å². The van der Waals surface area contributed by atoms with Gasteiger partial charge in [-0.05, 0) is 54.4 Å². The van der Waals surface area contributed by atoms with Crippen molar-refractivity contribution in [2.45, 2.75) is 24.3 Å². The third-order valence-corrected chi connectivity index (χ3v) is 9.93. The SMILES string of the molecule is CCOC(=O)C1=C(c2ccccc2)N=C2SC3C(=NN(c4ccccc4)C3c3ccc(Br)cc3)N2C1c1ccc(Br)cc1. The number of hydrogen-bond donors (Lipinski definition) is 0. The molecule has 7 rings (SSSR count). The fraction of sp³-hybridized carbons (Fsp3) is 0.147. The number of aliphatic imine (C=N–C) groups is 1. The van der Waals surface area contributed by atoms with E-state index < -0.39 is 6.04 Å². The Bertz CT molecular complexity index is 1760. The number of halogens is 2. The number of hydrazone groups is 1. The number of esters is 1. The number of thioether (sulfide) groups is 1. The smallest absolute Gasteiger partial charge is 0.338 e. The zero-order valence-electron chi connectivity index (χ0n) is 23.1. The fourth-order valence-electron chi connectivity index (χ4n) is 5.78. The van der Waals surface area contributed by atoms with E-state index in [1.165, 1.54) is 0 Å². The Labute approximate surface area is 271 Å². The van der Waals surface area contributed by atoms with Crippen molar-refractivity contribution >= 4 is 72.0 Å². The normalized spacial score (nSPS) is 20.9. The Morgan fingerprint density at radius 3 is 2.07 bits per heavy atom. The van der Waals surface area contributed by atoms with Crippen LogP contribution in [-0.2, 0) is 9.53 Å². The number of anilines is 1. The van der Waals surface area contributed by atoms with Gasteiger partial charge < -0.3 is 4.74 Å². The van der Waals surface area contributed by atoms with E-state index in [0.717, 1.165) is 42.3 Å². The maximum atomic E-state index is 13.9. The van der Waals surface area contributed by atoms with Crippen molar-refractivity contribution in [2.75, 3.05) is 11.6 Å². The third-order valence-electron chi connectivity index (χ3n) is 7.65. The van der Waals surface area contributed by atoms with Gasteiger partial charge >= 0.3 is 5.97 Å². The van der Waals surface area contributed by atoms with Gasteiger partial charge in [-0.2, -0.15) is 5.10 Å². The van der Waals surface area contributed by atoms with Crippen LogP contribution in [0, 0.1) is 0 Å². The van der Waals surface area contributed by atoms with Crippen LogP contribution in [0.5, 0.6) is 0 Å². The van der Waals surface area contributed by atoms with Crippen LogP contribution in [0.15, 0.2) is 134 Å². The maximum absolute atomic E-state index is 13.9. The van der Waals surface area contributed by atoms with Gasteiger partial charge in [0.1, 0.15) is 5.84 Å². The molecule has 4 aromatic rings. The number of carbonyl (C=O) groups is 1. The summed E-state index contributed by atoms with van der Waals surface area (Å²) in [6.07, 6.45) is 0. The molecule has 1 fully saturated rings. The molecule has 3 unspecified atom stereocenters. The average Bonchev–Trinajstić information content (AvgIpc) is 3.58. The topological polar surface area (TPSA) is 57.5 Å². The Morgan fingerprint density at radius 2 is 1.44 bits per heavy atom. The predicted octanol–water partition coefficient (Wildman–Crippen LogP) is 8.59. The molecule has 6 nitrogen and oxygen atoms in total. The first-order valence-corrected chi connectivity index (χ1v) is 16.4. The second-order valence-corrected chi connectivity index (χ2v) is 13.2. The Hall–Kier alpha value is -3.66. The summed E-state index contributed by atoms with van der Waals surface area (Å²) in [5, 5.41) is 8.16. The lowest BCUT2D eigenvalue weighted by Gasteiger charge is -2.35. The number of hydrogen-bond acceptors (Lipinski definition) is 7. The van der Waals surface area contributed by atoms with Crippen LogP contribution in [0.3, 0.4) is 0 Å². The van der Waals surface area contributed by atoms with E-state index in [-0.39, 0.29) is 23.9 Å². The van der Waals surface area contributed by atoms with Crippen LogP contribution in [0.2, 0.25) is 0 Å². The van der Waals surface area contributed by atoms with Gasteiger partial charge in [-0.1, -0.05) is 116 Å². The highest BCUT2D eigenvalue weighted by Crippen LogP contribution is 2.52. The minimum absolute atomic E-state index is 0.0587. The number of carbonyl (C=O) groups excluding carboxylic acids is 1. The first-order valence-electron chi connectivity index (χ1n) is 14.0. The molecule has 3 aliphatic heterocycles. The second-order valence-electron chi connectivity index (χ2n) is 10.2. The van der Waals surface area contributed by atoms with Crippen LogP contribution >= 0.6 is 43.6 Å². The number of benzene rings is 4. The molecule has 3 heterocycles. The van der Waals surface area contributed by atoms with E-state index in [1.807, 2.05) is 79.7 Å². The van der Waals surface area contributed by atoms with Crippen molar-refractivity contribution < 1.29 is 9.53 Å². The maximum Gasteiger partial charge on any atom is 0.338 e. The average molecular weight is 714 g/mol. The molecule has 0 amide bonds. The largest absolute Gasteiger partial charge is 0.463 e. The van der Waals surface area contributed by atoms with Crippen LogP contribution < -0.4 is 5.01 Å². The number of ether oxygens (including phenoxy) is 1. The molecule has 3 aliphatic rings. The third kappa shape index (κ3) is 5.13. The van der Waals surface area contributed by atoms with Gasteiger partial charge in [0.15, 0.2) is 5.17 Å². The van der Waals surface area contributed by atoms with Crippen LogP contribution in [0.25, 0.3) is 5.70 Å². The standard InChI is InChI=1S/C34H26Br2N4O2S/c1-2-42-33(41)27-28(21-9-5-3-6-10-21)37-34-39(29(27)22-13-17-24(35)18-14-22)32-31(43-34)30(23-15-19-25(36)20-16-23)40(38-32)26-11-7-4-8-12-26/h3-20,29-31H,2H2,1H3. The molecule has 0 N–H and O–H groups in total. The van der Waals surface area contributed by atoms with E-state index in [4.69, 9.17) is 14.8 Å². The van der Waals surface area contributed by atoms with E-state index in [1.54, 1.807) is 11.8 Å². The summed E-state index contributed by atoms with van der Waals surface area (Å²) in [5.74, 6) is 0.482. The highest BCUT2D eigenvalue weighted by atomic mass is 79.9. The van der Waals surface area contributed by atoms with Gasteiger partial charge in [0.05, 0.1) is 40.9 Å². The van der Waals surface area contributed by atoms with E-state index in [2.05, 4.69) is 78.2 Å². The van der Waals surface area contributed by atoms with Crippen LogP contribution in [0.4, 0.5) is 5.69 Å². The Kier molecular flexibility index (Phi) is 7.71. The molecule has 0 bridgehead atoms. The van der Waals surface area contributed by atoms with E-state index in [9.17, 15) is 4.79 Å². The van der Waals surface area contributed by atoms with Gasteiger partial charge in [0.2, 0.25) is 0 Å². The van der Waals surface area contributed by atoms with Crippen LogP contribution in [-0.4, -0.2) is 33.7 Å². The minimum Gasteiger partial charge on any atom is -0.463 e. The molecular formula is C34H26Br2N4O2S. The van der Waals surface area contributed by atoms with Crippen molar-refractivity contribution in [3.8, 4) is 0 Å². The monoisotopic (exact) mass is 712 g/mol. The molecule has 0 aliphatic carbocycles. The summed E-state index contributed by atoms with van der Waals surface area (Å²) in [6, 6.07) is 36.1. The molecule has 9 heteroatoms. The van der Waals surface area contributed by atoms with Crippen molar-refractivity contribution in [3.63, 3.8) is 0 Å². The molecule has 0 radical (unpaired) electrons. The van der Waals surface area contributed by atoms with Crippen molar-refractivity contribution in [1.82, 2.24) is 4.90 Å². The van der Waals surface area contributed by atoms with Gasteiger partial charge in [0, 0.05) is 14.5 Å². The summed E-state index contributed by atoms with van der Waals surface area (Å²) in [7, 11) is 0. The van der Waals surface area contributed by atoms with Crippen molar-refractivity contribution in [1.29, 1.82) is 0 Å². The molecule has 0 saturated carbocycles. The molecule has 4 aromatic carbocycles. The molecule has 0 aromatic heterocycles. The molecular weight excluding hydrogens is 688 g/mol. The minimum atomic E-state index is -0.479. The number of amidine groups is 2. The van der Waals surface area contributed by atoms with E-state index in [0.29, 0.717) is 11.3 Å². The predicted molar refractivity (Wildman–Crippen MR) is 181 cm³/mol. The highest BCUT2D eigenvalue weighted by Gasteiger charge is 2.54. The highest BCUT2D eigenvalue weighted by molar-refractivity contribution is 9.10. The Morgan fingerprint density at radius 1 is 0.837 bits per heavy atom. The molecule has 43 heavy (non-hydrogen) atoms. The Balaban J connectivity index is 1.44. The van der Waals surface area contributed by atoms with Crippen molar-refractivity contribution in [2.24, 2.45) is 10.1 Å². The number of rotatable bonds is 6. The lowest BCUT2D eigenvalue weighted by Crippen LogP contribution is -2.40. The molecule has 214 valence electrons. The quantitative estimate of drug-likeness (QED) is 0.188. The number of nitrogens with zero attached hydrogens (tertiary/aromatic N) is 4. The van der Waals surface area contributed by atoms with Crippen molar-refractivity contribution in [3.05, 3.63) is 140 Å². The van der Waals surface area contributed by atoms with E-state index >= 15 is 0 Å². The van der Waals surface area contributed by atoms with Gasteiger partial charge in [-0.3, -0.25) is 9.91 Å². The number of para-hydroxylation sites is 1. The summed E-state index contributed by atoms with van der Waals surface area (Å²) in [4.78, 5) is 21.2. The second kappa shape index (κ2) is 11.8. The molecule has 0 spiro atoms. The van der Waals surface area contributed by atoms with Crippen LogP contribution in [0.1, 0.15) is 35.7 Å². The number of fused-ring (bicyclic) bond motifs is 3. The van der Waals surface area contributed by atoms with Gasteiger partial charge in [0.25, 0.3) is 0 Å². The zero-order chi connectivity index (χ0) is 29.5. The molecule has 3 atom stereocenters. The zero-order valence-corrected chi connectivity index (χ0v) is 27.1. The summed E-state index contributed by atoms with van der Waals surface area (Å²) in [5.41, 5.74) is 5.10. The lowest BCUT2D eigenvalue weighted by molar-refractivity contribution is -0.139.